The number of hydrogen-bond acceptors (Lipinski definition) is 14. The number of nitrogens with two attached hydrogens (primary N) is 1. The third-order valence-electron chi connectivity index (χ3n) is 12.6. The number of urea groups is 1. The molecule has 2 aromatic rings. The molecule has 8 amide bonds. The van der Waals surface area contributed by atoms with Crippen LogP contribution in [0.4, 0.5) is 10.5 Å². The van der Waals surface area contributed by atoms with Crippen molar-refractivity contribution in [2.24, 2.45) is 11.7 Å². The first-order chi connectivity index (χ1) is 34.5. The van der Waals surface area contributed by atoms with Gasteiger partial charge in [-0.25, -0.2) is 9.59 Å². The molecular weight excluding hydrogens is 971 g/mol. The van der Waals surface area contributed by atoms with Crippen LogP contribution >= 0.6 is 23.5 Å². The molecule has 2 fully saturated rings. The van der Waals surface area contributed by atoms with Crippen LogP contribution in [-0.2, 0) is 33.6 Å². The van der Waals surface area contributed by atoms with E-state index in [0.29, 0.717) is 42.2 Å². The lowest BCUT2D eigenvalue weighted by atomic mass is 9.90. The molecule has 4 aliphatic heterocycles. The minimum Gasteiger partial charge on any atom is -0.508 e. The van der Waals surface area contributed by atoms with Crippen LogP contribution in [0.5, 0.6) is 5.75 Å². The Labute approximate surface area is 421 Å². The third-order valence-corrected chi connectivity index (χ3v) is 15.2. The van der Waals surface area contributed by atoms with Gasteiger partial charge in [0.25, 0.3) is 11.8 Å². The van der Waals surface area contributed by atoms with E-state index in [0.717, 1.165) is 35.3 Å². The van der Waals surface area contributed by atoms with E-state index >= 15 is 0 Å². The number of carbonyl (C=O) groups excluding carboxylic acids is 8. The Hall–Kier alpha value is -7.20. The number of imide groups is 1. The standard InChI is InChI=1S/C50H55N7O13S2/c51-47(65)37(24-71-26-42(62)53-28-10-13-32(35(21-28)49(67)68)45-33-14-11-30(59)22-38(33)70-39-23-31(60)12-15-34(39)45)54-48(66)27(6-3-4-18-52-41(61)9-5-19-57-43(63)16-17-44(57)64)20-29(58)7-1-2-8-40-46-36(25-72-40)55-50(69)56-46/h10-17,21-23,27,36-37,40,46,59H,1-9,18-20,24-26H2,(H2,51,65)(H,52,61)(H,53,62)(H,54,66)(H,67,68)(H2,55,56,69)/t27?,36-,37?,40-,46-/m0/s1. The summed E-state index contributed by atoms with van der Waals surface area (Å²) >= 11 is 2.78. The molecule has 9 N–H and O–H groups in total. The SMILES string of the molecule is NC(=O)C(CSCC(=O)Nc1ccc(-c2c3ccc(=O)cc-3oc3cc(O)ccc23)c(C(=O)O)c1)NC(=O)C(CCCCNC(=O)CCCN1C(=O)C=CC1=O)CC(=O)CCCC[C@@H]1SC[C@@H]2NC(=O)N[C@@H]21. The first-order valence-electron chi connectivity index (χ1n) is 23.6. The van der Waals surface area contributed by atoms with Crippen LogP contribution in [0.2, 0.25) is 0 Å². The maximum atomic E-state index is 13.8. The van der Waals surface area contributed by atoms with Gasteiger partial charge in [-0.1, -0.05) is 18.9 Å². The second-order valence-corrected chi connectivity index (χ2v) is 20.1. The highest BCUT2D eigenvalue weighted by Crippen LogP contribution is 2.42. The van der Waals surface area contributed by atoms with Gasteiger partial charge in [0, 0.05) is 102 Å². The maximum absolute atomic E-state index is 13.8. The smallest absolute Gasteiger partial charge is 0.336 e. The predicted molar refractivity (Wildman–Crippen MR) is 269 cm³/mol. The van der Waals surface area contributed by atoms with Gasteiger partial charge in [0.05, 0.1) is 23.4 Å². The number of carboxylic acids is 1. The summed E-state index contributed by atoms with van der Waals surface area (Å²) in [6.45, 7) is 0.395. The van der Waals surface area contributed by atoms with Crippen LogP contribution in [-0.4, -0.2) is 122 Å². The first-order valence-corrected chi connectivity index (χ1v) is 25.8. The van der Waals surface area contributed by atoms with Gasteiger partial charge in [-0.05, 0) is 74.1 Å². The number of aromatic carboxylic acids is 1. The Morgan fingerprint density at radius 3 is 2.42 bits per heavy atom. The van der Waals surface area contributed by atoms with E-state index in [-0.39, 0.29) is 125 Å². The lowest BCUT2D eigenvalue weighted by Gasteiger charge is -2.21. The Balaban J connectivity index is 0.922. The number of phenols is 1. The highest BCUT2D eigenvalue weighted by Gasteiger charge is 2.42. The van der Waals surface area contributed by atoms with E-state index in [9.17, 15) is 58.2 Å². The van der Waals surface area contributed by atoms with Gasteiger partial charge in [0.15, 0.2) is 5.43 Å². The molecular formula is C50H55N7O13S2. The maximum Gasteiger partial charge on any atom is 0.336 e. The zero-order valence-electron chi connectivity index (χ0n) is 39.1. The lowest BCUT2D eigenvalue weighted by Crippen LogP contribution is -2.48. The summed E-state index contributed by atoms with van der Waals surface area (Å²) < 4.78 is 5.89. The molecule has 380 valence electrons. The van der Waals surface area contributed by atoms with Crippen molar-refractivity contribution in [2.45, 2.75) is 87.6 Å². The van der Waals surface area contributed by atoms with Crippen LogP contribution in [0.25, 0.3) is 33.4 Å². The van der Waals surface area contributed by atoms with Crippen molar-refractivity contribution in [3.63, 3.8) is 0 Å². The van der Waals surface area contributed by atoms with Crippen molar-refractivity contribution in [2.75, 3.05) is 35.7 Å². The normalized spacial score (nSPS) is 17.9. The molecule has 72 heavy (non-hydrogen) atoms. The highest BCUT2D eigenvalue weighted by molar-refractivity contribution is 8.00. The van der Waals surface area contributed by atoms with Gasteiger partial charge in [0.1, 0.15) is 28.9 Å². The van der Waals surface area contributed by atoms with Crippen LogP contribution < -0.4 is 37.7 Å². The van der Waals surface area contributed by atoms with E-state index in [4.69, 9.17) is 10.2 Å². The summed E-state index contributed by atoms with van der Waals surface area (Å²) in [6.07, 6.45) is 6.19. The summed E-state index contributed by atoms with van der Waals surface area (Å²) in [4.78, 5) is 127. The average Bonchev–Trinajstić information content (AvgIpc) is 4.00. The van der Waals surface area contributed by atoms with Crippen molar-refractivity contribution in [3.05, 3.63) is 82.5 Å². The van der Waals surface area contributed by atoms with Gasteiger partial charge in [-0.3, -0.25) is 43.3 Å². The van der Waals surface area contributed by atoms with E-state index in [1.54, 1.807) is 17.8 Å². The monoisotopic (exact) mass is 1030 g/mol. The van der Waals surface area contributed by atoms with Gasteiger partial charge < -0.3 is 46.9 Å². The third kappa shape index (κ3) is 13.6. The number of primary amides is 1. The number of fused-ring (bicyclic) bond motifs is 3. The number of hydrogen-bond donors (Lipinski definition) is 8. The Bertz CT molecular complexity index is 2820. The summed E-state index contributed by atoms with van der Waals surface area (Å²) in [6, 6.07) is 11.5. The Morgan fingerprint density at radius 2 is 1.65 bits per heavy atom. The number of anilines is 1. The summed E-state index contributed by atoms with van der Waals surface area (Å²) in [7, 11) is 0. The zero-order chi connectivity index (χ0) is 51.5. The van der Waals surface area contributed by atoms with E-state index in [1.165, 1.54) is 60.7 Å². The molecule has 0 bridgehead atoms. The van der Waals surface area contributed by atoms with Gasteiger partial charge in [-0.15, -0.1) is 11.8 Å². The minimum atomic E-state index is -1.31. The highest BCUT2D eigenvalue weighted by atomic mass is 32.2. The lowest BCUT2D eigenvalue weighted by molar-refractivity contribution is -0.137. The number of ketones is 1. The molecule has 0 aromatic heterocycles. The van der Waals surface area contributed by atoms with Crippen molar-refractivity contribution < 1.29 is 57.8 Å². The summed E-state index contributed by atoms with van der Waals surface area (Å²) in [5.41, 5.74) is 6.69. The molecule has 5 atom stereocenters. The van der Waals surface area contributed by atoms with Gasteiger partial charge in [-0.2, -0.15) is 11.8 Å². The Morgan fingerprint density at radius 1 is 0.875 bits per heavy atom. The molecule has 7 rings (SSSR count). The number of unbranched alkanes of at least 4 members (excludes halogenated alkanes) is 2. The number of amides is 8. The Kier molecular flexibility index (Phi) is 17.7. The number of phenolic OH excluding ortho intramolecular Hbond substituents is 1. The van der Waals surface area contributed by atoms with Crippen molar-refractivity contribution >= 4 is 93.4 Å². The zero-order valence-corrected chi connectivity index (χ0v) is 40.7. The van der Waals surface area contributed by atoms with E-state index in [2.05, 4.69) is 26.6 Å². The molecule has 20 nitrogen and oxygen atoms in total. The van der Waals surface area contributed by atoms with Crippen LogP contribution in [0.15, 0.2) is 76.0 Å². The average molecular weight is 1030 g/mol. The second kappa shape index (κ2) is 24.3. The molecule has 1 aliphatic carbocycles. The number of carbonyl (C=O) groups is 9. The first kappa shape index (κ1) is 52.6. The fraction of sp³-hybridized carbons (Fsp3) is 0.400. The number of carboxylic acid groups (broad SMARTS) is 1. The number of nitrogens with one attached hydrogen (secondary N) is 5. The number of nitrogens with zero attached hydrogens (tertiary/aromatic N) is 1. The molecule has 5 aliphatic rings. The number of Topliss-reactive ketones (excluding diaryl/α,β-unsaturated/α-hetero) is 1. The van der Waals surface area contributed by atoms with Gasteiger partial charge in [0.2, 0.25) is 23.6 Å². The van der Waals surface area contributed by atoms with Crippen LogP contribution in [0.3, 0.4) is 0 Å². The summed E-state index contributed by atoms with van der Waals surface area (Å²) in [5.74, 6) is -4.80. The van der Waals surface area contributed by atoms with Crippen LogP contribution in [0.1, 0.15) is 74.6 Å². The van der Waals surface area contributed by atoms with Crippen molar-refractivity contribution in [1.29, 1.82) is 0 Å². The second-order valence-electron chi connectivity index (χ2n) is 17.8. The molecule has 4 heterocycles. The largest absolute Gasteiger partial charge is 0.508 e. The van der Waals surface area contributed by atoms with E-state index < -0.39 is 47.5 Å². The molecule has 0 saturated carbocycles. The number of rotatable bonds is 26. The van der Waals surface area contributed by atoms with Crippen molar-refractivity contribution in [1.82, 2.24) is 26.2 Å². The summed E-state index contributed by atoms with van der Waals surface area (Å²) in [5, 5.41) is 35.2. The fourth-order valence-electron chi connectivity index (χ4n) is 9.01. The number of benzene rings is 3. The topological polar surface area (TPSA) is 314 Å². The molecule has 2 aromatic carbocycles. The van der Waals surface area contributed by atoms with Gasteiger partial charge >= 0.3 is 12.0 Å². The van der Waals surface area contributed by atoms with Crippen molar-refractivity contribution in [3.8, 4) is 28.2 Å². The molecule has 2 unspecified atom stereocenters. The number of thioether (sulfide) groups is 2. The minimum absolute atomic E-state index is 0.0479. The van der Waals surface area contributed by atoms with Crippen LogP contribution in [0, 0.1) is 5.92 Å². The predicted octanol–water partition coefficient (Wildman–Crippen LogP) is 3.90. The molecule has 22 heteroatoms. The molecule has 2 saturated heterocycles. The molecule has 0 radical (unpaired) electrons. The quantitative estimate of drug-likeness (QED) is 0.0191. The fourth-order valence-corrected chi connectivity index (χ4v) is 11.4. The number of aromatic hydroxyl groups is 1. The van der Waals surface area contributed by atoms with E-state index in [1.807, 2.05) is 0 Å². The molecule has 0 spiro atoms.